The molecule has 2 aliphatic heterocycles. The molecule has 0 aromatic carbocycles. The van der Waals surface area contributed by atoms with Crippen molar-refractivity contribution in [3.8, 4) is 0 Å². The van der Waals surface area contributed by atoms with Gasteiger partial charge in [0.15, 0.2) is 0 Å². The molecule has 0 spiro atoms. The van der Waals surface area contributed by atoms with Gasteiger partial charge in [0.05, 0.1) is 23.9 Å². The van der Waals surface area contributed by atoms with Gasteiger partial charge in [0.25, 0.3) is 5.91 Å². The number of rotatable bonds is 3. The zero-order chi connectivity index (χ0) is 16.6. The van der Waals surface area contributed by atoms with Gasteiger partial charge < -0.3 is 9.64 Å². The molecule has 3 rings (SSSR count). The van der Waals surface area contributed by atoms with Crippen molar-refractivity contribution in [1.82, 2.24) is 14.8 Å². The van der Waals surface area contributed by atoms with E-state index in [1.807, 2.05) is 11.8 Å². The van der Waals surface area contributed by atoms with Gasteiger partial charge in [-0.2, -0.15) is 0 Å². The Morgan fingerprint density at radius 1 is 1.30 bits per heavy atom. The molecular weight excluding hydrogens is 310 g/mol. The number of amides is 1. The quantitative estimate of drug-likeness (QED) is 0.849. The van der Waals surface area contributed by atoms with Crippen LogP contribution in [0.5, 0.6) is 0 Å². The normalized spacial score (nSPS) is 26.2. The zero-order valence-corrected chi connectivity index (χ0v) is 15.4. The van der Waals surface area contributed by atoms with Crippen molar-refractivity contribution in [3.63, 3.8) is 0 Å². The van der Waals surface area contributed by atoms with Crippen molar-refractivity contribution in [2.45, 2.75) is 39.7 Å². The van der Waals surface area contributed by atoms with E-state index in [9.17, 15) is 4.79 Å². The lowest BCUT2D eigenvalue weighted by molar-refractivity contribution is 0.0119. The van der Waals surface area contributed by atoms with E-state index < -0.39 is 0 Å². The molecule has 1 amide bonds. The molecule has 0 saturated carbocycles. The molecule has 2 saturated heterocycles. The first-order valence-electron chi connectivity index (χ1n) is 8.55. The standard InChI is InChI=1S/C17H27N3O2S/c1-11(2)16-18-13(4)15(23-16)17(21)20-9-12(3)14(10-20)19-5-7-22-8-6-19/h11-12,14H,5-10H2,1-4H3/t12-,14-/m1/s1. The maximum absolute atomic E-state index is 12.9. The predicted molar refractivity (Wildman–Crippen MR) is 92.2 cm³/mol. The van der Waals surface area contributed by atoms with E-state index in [1.165, 1.54) is 0 Å². The van der Waals surface area contributed by atoms with E-state index in [0.29, 0.717) is 17.9 Å². The largest absolute Gasteiger partial charge is 0.379 e. The predicted octanol–water partition coefficient (Wildman–Crippen LogP) is 2.37. The topological polar surface area (TPSA) is 45.7 Å². The van der Waals surface area contributed by atoms with Crippen molar-refractivity contribution in [2.75, 3.05) is 39.4 Å². The fourth-order valence-corrected chi connectivity index (χ4v) is 4.54. The minimum Gasteiger partial charge on any atom is -0.379 e. The van der Waals surface area contributed by atoms with Gasteiger partial charge in [-0.25, -0.2) is 4.98 Å². The van der Waals surface area contributed by atoms with Crippen LogP contribution in [-0.4, -0.2) is 66.1 Å². The van der Waals surface area contributed by atoms with Crippen molar-refractivity contribution >= 4 is 17.2 Å². The van der Waals surface area contributed by atoms with Gasteiger partial charge in [-0.3, -0.25) is 9.69 Å². The number of hydrogen-bond donors (Lipinski definition) is 0. The fourth-order valence-electron chi connectivity index (χ4n) is 3.51. The Bertz CT molecular complexity index is 566. The van der Waals surface area contributed by atoms with E-state index in [4.69, 9.17) is 4.74 Å². The number of ether oxygens (including phenoxy) is 1. The Kier molecular flexibility index (Phi) is 5.04. The number of nitrogens with zero attached hydrogens (tertiary/aromatic N) is 3. The average molecular weight is 337 g/mol. The van der Waals surface area contributed by atoms with Gasteiger partial charge in [0.2, 0.25) is 0 Å². The van der Waals surface area contributed by atoms with Crippen molar-refractivity contribution < 1.29 is 9.53 Å². The summed E-state index contributed by atoms with van der Waals surface area (Å²) < 4.78 is 5.45. The third-order valence-electron chi connectivity index (χ3n) is 4.88. The third-order valence-corrected chi connectivity index (χ3v) is 6.32. The van der Waals surface area contributed by atoms with Crippen molar-refractivity contribution in [1.29, 1.82) is 0 Å². The monoisotopic (exact) mass is 337 g/mol. The van der Waals surface area contributed by atoms with Crippen LogP contribution in [-0.2, 0) is 4.74 Å². The van der Waals surface area contributed by atoms with E-state index in [1.54, 1.807) is 11.3 Å². The number of aryl methyl sites for hydroxylation is 1. The average Bonchev–Trinajstić information content (AvgIpc) is 3.11. The van der Waals surface area contributed by atoms with Crippen LogP contribution in [0.1, 0.15) is 47.1 Å². The molecule has 0 radical (unpaired) electrons. The Morgan fingerprint density at radius 3 is 2.61 bits per heavy atom. The lowest BCUT2D eigenvalue weighted by Gasteiger charge is -2.33. The van der Waals surface area contributed by atoms with Gasteiger partial charge in [-0.1, -0.05) is 20.8 Å². The zero-order valence-electron chi connectivity index (χ0n) is 14.5. The van der Waals surface area contributed by atoms with Crippen LogP contribution >= 0.6 is 11.3 Å². The molecular formula is C17H27N3O2S. The van der Waals surface area contributed by atoms with Crippen LogP contribution < -0.4 is 0 Å². The summed E-state index contributed by atoms with van der Waals surface area (Å²) in [6.07, 6.45) is 0. The minimum absolute atomic E-state index is 0.162. The van der Waals surface area contributed by atoms with Gasteiger partial charge in [0, 0.05) is 38.1 Å². The number of aromatic nitrogens is 1. The molecule has 0 unspecified atom stereocenters. The molecule has 0 aliphatic carbocycles. The number of likely N-dealkylation sites (tertiary alicyclic amines) is 1. The molecule has 2 aliphatic rings. The molecule has 2 fully saturated rings. The second-order valence-corrected chi connectivity index (χ2v) is 8.06. The third kappa shape index (κ3) is 3.44. The molecule has 5 nitrogen and oxygen atoms in total. The highest BCUT2D eigenvalue weighted by Gasteiger charge is 2.37. The first-order valence-corrected chi connectivity index (χ1v) is 9.37. The lowest BCUT2D eigenvalue weighted by Crippen LogP contribution is -2.47. The van der Waals surface area contributed by atoms with Crippen LogP contribution in [0.3, 0.4) is 0 Å². The van der Waals surface area contributed by atoms with E-state index >= 15 is 0 Å². The first kappa shape index (κ1) is 16.9. The Labute approximate surface area is 142 Å². The molecule has 6 heteroatoms. The Balaban J connectivity index is 1.71. The van der Waals surface area contributed by atoms with E-state index in [2.05, 4.69) is 30.7 Å². The summed E-state index contributed by atoms with van der Waals surface area (Å²) in [5.74, 6) is 1.04. The highest BCUT2D eigenvalue weighted by atomic mass is 32.1. The molecule has 1 aromatic rings. The molecule has 2 atom stereocenters. The van der Waals surface area contributed by atoms with Gasteiger partial charge >= 0.3 is 0 Å². The molecule has 3 heterocycles. The molecule has 1 aromatic heterocycles. The number of thiazole rings is 1. The van der Waals surface area contributed by atoms with Crippen LogP contribution in [0.4, 0.5) is 0 Å². The van der Waals surface area contributed by atoms with Crippen molar-refractivity contribution in [3.05, 3.63) is 15.6 Å². The number of morpholine rings is 1. The number of hydrogen-bond acceptors (Lipinski definition) is 5. The SMILES string of the molecule is Cc1nc(C(C)C)sc1C(=O)N1C[C@@H](C)[C@H](N2CCOCC2)C1. The molecule has 23 heavy (non-hydrogen) atoms. The number of carbonyl (C=O) groups excluding carboxylic acids is 1. The Morgan fingerprint density at radius 2 is 2.00 bits per heavy atom. The second-order valence-electron chi connectivity index (χ2n) is 7.02. The smallest absolute Gasteiger partial charge is 0.265 e. The second kappa shape index (κ2) is 6.87. The van der Waals surface area contributed by atoms with Crippen LogP contribution in [0.2, 0.25) is 0 Å². The van der Waals surface area contributed by atoms with Gasteiger partial charge in [-0.15, -0.1) is 11.3 Å². The van der Waals surface area contributed by atoms with Gasteiger partial charge in [0.1, 0.15) is 4.88 Å². The maximum atomic E-state index is 12.9. The summed E-state index contributed by atoms with van der Waals surface area (Å²) in [5, 5.41) is 1.06. The van der Waals surface area contributed by atoms with E-state index in [0.717, 1.165) is 55.0 Å². The Hall–Kier alpha value is -0.980. The molecule has 0 bridgehead atoms. The van der Waals surface area contributed by atoms with Crippen molar-refractivity contribution in [2.24, 2.45) is 5.92 Å². The number of carbonyl (C=O) groups is 1. The molecule has 128 valence electrons. The van der Waals surface area contributed by atoms with E-state index in [-0.39, 0.29) is 5.91 Å². The van der Waals surface area contributed by atoms with Gasteiger partial charge in [-0.05, 0) is 12.8 Å². The summed E-state index contributed by atoms with van der Waals surface area (Å²) in [7, 11) is 0. The summed E-state index contributed by atoms with van der Waals surface area (Å²) in [5.41, 5.74) is 0.881. The summed E-state index contributed by atoms with van der Waals surface area (Å²) in [6.45, 7) is 13.7. The van der Waals surface area contributed by atoms with Crippen LogP contribution in [0.25, 0.3) is 0 Å². The highest BCUT2D eigenvalue weighted by molar-refractivity contribution is 7.13. The summed E-state index contributed by atoms with van der Waals surface area (Å²) in [4.78, 5) is 22.8. The first-order chi connectivity index (χ1) is 11.0. The lowest BCUT2D eigenvalue weighted by atomic mass is 10.0. The highest BCUT2D eigenvalue weighted by Crippen LogP contribution is 2.29. The summed E-state index contributed by atoms with van der Waals surface area (Å²) in [6, 6.07) is 0.459. The fraction of sp³-hybridized carbons (Fsp3) is 0.765. The minimum atomic E-state index is 0.162. The van der Waals surface area contributed by atoms with Crippen LogP contribution in [0, 0.1) is 12.8 Å². The molecule has 0 N–H and O–H groups in total. The van der Waals surface area contributed by atoms with Crippen LogP contribution in [0.15, 0.2) is 0 Å². The summed E-state index contributed by atoms with van der Waals surface area (Å²) >= 11 is 1.56. The maximum Gasteiger partial charge on any atom is 0.265 e.